The van der Waals surface area contributed by atoms with Crippen LogP contribution in [0.2, 0.25) is 5.71 Å². The van der Waals surface area contributed by atoms with Crippen molar-refractivity contribution in [1.29, 1.82) is 0 Å². The van der Waals surface area contributed by atoms with Gasteiger partial charge >= 0.3 is 143 Å². The molecule has 0 atom stereocenters. The Labute approximate surface area is 142 Å². The molecule has 1 heteroatoms. The molecule has 0 aromatic heterocycles. The van der Waals surface area contributed by atoms with E-state index < -0.39 is 13.6 Å². The van der Waals surface area contributed by atoms with Gasteiger partial charge in [0.2, 0.25) is 0 Å². The van der Waals surface area contributed by atoms with Crippen molar-refractivity contribution in [3.63, 3.8) is 0 Å². The summed E-state index contributed by atoms with van der Waals surface area (Å²) in [4.78, 5) is 0. The Kier molecular flexibility index (Phi) is 4.46. The summed E-state index contributed by atoms with van der Waals surface area (Å²) in [5.74, 6) is 0. The molecule has 0 spiro atoms. The van der Waals surface area contributed by atoms with Gasteiger partial charge in [-0.3, -0.25) is 0 Å². The van der Waals surface area contributed by atoms with E-state index in [2.05, 4.69) is 99.3 Å². The molecule has 0 aliphatic carbocycles. The molecule has 116 valence electrons. The number of hydrogen-bond acceptors (Lipinski definition) is 0. The average Bonchev–Trinajstić information content (AvgIpc) is 2.55. The minimum absolute atomic E-state index is 1.41. The SMILES string of the molecule is Cc1ccccc1[As+](C)(c1ccccc1C)c1ccccc1C. The molecular weight excluding hydrogens is 339 g/mol. The second kappa shape index (κ2) is 6.38. The molecule has 3 aromatic carbocycles. The van der Waals surface area contributed by atoms with Gasteiger partial charge in [-0.2, -0.15) is 0 Å². The second-order valence-corrected chi connectivity index (χ2v) is 13.6. The molecule has 0 fully saturated rings. The summed E-state index contributed by atoms with van der Waals surface area (Å²) in [7, 11) is 0. The summed E-state index contributed by atoms with van der Waals surface area (Å²) < 4.78 is 4.65. The van der Waals surface area contributed by atoms with E-state index in [1.807, 2.05) is 0 Å². The molecule has 0 nitrogen and oxygen atoms in total. The van der Waals surface area contributed by atoms with Crippen LogP contribution in [0.25, 0.3) is 0 Å². The van der Waals surface area contributed by atoms with Gasteiger partial charge in [0.05, 0.1) is 0 Å². The molecule has 0 saturated carbocycles. The normalized spacial score (nSPS) is 11.5. The van der Waals surface area contributed by atoms with Crippen molar-refractivity contribution >= 4 is 26.6 Å². The molecule has 0 aliphatic rings. The fourth-order valence-corrected chi connectivity index (χ4v) is 12.5. The molecule has 23 heavy (non-hydrogen) atoms. The third kappa shape index (κ3) is 2.77. The van der Waals surface area contributed by atoms with E-state index in [4.69, 9.17) is 0 Å². The monoisotopic (exact) mass is 363 g/mol. The first-order chi connectivity index (χ1) is 11.0. The number of aryl methyl sites for hydroxylation is 3. The van der Waals surface area contributed by atoms with Crippen molar-refractivity contribution in [2.45, 2.75) is 26.5 Å². The van der Waals surface area contributed by atoms with E-state index in [0.717, 1.165) is 0 Å². The van der Waals surface area contributed by atoms with Crippen LogP contribution >= 0.6 is 0 Å². The zero-order valence-electron chi connectivity index (χ0n) is 14.4. The van der Waals surface area contributed by atoms with Crippen molar-refractivity contribution in [3.05, 3.63) is 89.5 Å². The summed E-state index contributed by atoms with van der Waals surface area (Å²) in [5, 5.41) is 0. The third-order valence-electron chi connectivity index (χ3n) is 4.79. The number of hydrogen-bond donors (Lipinski definition) is 0. The summed E-state index contributed by atoms with van der Waals surface area (Å²) in [6.07, 6.45) is 0. The van der Waals surface area contributed by atoms with Crippen LogP contribution in [-0.4, -0.2) is 13.6 Å². The first-order valence-corrected chi connectivity index (χ1v) is 12.8. The predicted octanol–water partition coefficient (Wildman–Crippen LogP) is 3.71. The molecule has 0 aliphatic heterocycles. The average molecular weight is 363 g/mol. The van der Waals surface area contributed by atoms with Crippen molar-refractivity contribution in [2.24, 2.45) is 0 Å². The maximum absolute atomic E-state index is 2.53. The van der Waals surface area contributed by atoms with Crippen LogP contribution < -0.4 is 13.1 Å². The fraction of sp³-hybridized carbons (Fsp3) is 0.182. The van der Waals surface area contributed by atoms with Gasteiger partial charge in [-0.05, 0) is 0 Å². The first kappa shape index (κ1) is 16.1. The Hall–Kier alpha value is -1.78. The zero-order valence-corrected chi connectivity index (χ0v) is 16.3. The van der Waals surface area contributed by atoms with E-state index in [1.54, 1.807) is 13.1 Å². The van der Waals surface area contributed by atoms with Gasteiger partial charge in [0.1, 0.15) is 0 Å². The van der Waals surface area contributed by atoms with E-state index in [-0.39, 0.29) is 0 Å². The Morgan fingerprint density at radius 3 is 1.00 bits per heavy atom. The molecule has 0 unspecified atom stereocenters. The second-order valence-electron chi connectivity index (χ2n) is 6.37. The number of rotatable bonds is 3. The molecule has 0 heterocycles. The standard InChI is InChI=1S/C22H24As/c1-17-11-5-8-14-20(17)23(4,21-15-9-6-12-18(21)2)22-16-10-7-13-19(22)3/h5-16H,1-4H3/q+1. The Morgan fingerprint density at radius 1 is 0.478 bits per heavy atom. The summed E-state index contributed by atoms with van der Waals surface area (Å²) in [6, 6.07) is 26.8. The molecule has 0 radical (unpaired) electrons. The zero-order chi connectivity index (χ0) is 16.4. The van der Waals surface area contributed by atoms with E-state index in [1.165, 1.54) is 16.7 Å². The van der Waals surface area contributed by atoms with Crippen LogP contribution in [0, 0.1) is 20.8 Å². The van der Waals surface area contributed by atoms with Crippen molar-refractivity contribution in [2.75, 3.05) is 0 Å². The van der Waals surface area contributed by atoms with Crippen molar-refractivity contribution in [1.82, 2.24) is 0 Å². The van der Waals surface area contributed by atoms with Gasteiger partial charge in [0.15, 0.2) is 0 Å². The predicted molar refractivity (Wildman–Crippen MR) is 104 cm³/mol. The summed E-state index contributed by atoms with van der Waals surface area (Å²) in [6.45, 7) is 6.77. The molecule has 0 amide bonds. The summed E-state index contributed by atoms with van der Waals surface area (Å²) >= 11 is -2.45. The Bertz CT molecular complexity index is 722. The van der Waals surface area contributed by atoms with Crippen LogP contribution in [0.5, 0.6) is 0 Å². The Balaban J connectivity index is 2.38. The quantitative estimate of drug-likeness (QED) is 0.623. The van der Waals surface area contributed by atoms with Gasteiger partial charge in [0.25, 0.3) is 0 Å². The Morgan fingerprint density at radius 2 is 0.739 bits per heavy atom. The van der Waals surface area contributed by atoms with E-state index in [0.29, 0.717) is 0 Å². The molecular formula is C22H24As+. The van der Waals surface area contributed by atoms with E-state index in [9.17, 15) is 0 Å². The van der Waals surface area contributed by atoms with Gasteiger partial charge < -0.3 is 0 Å². The van der Waals surface area contributed by atoms with Crippen LogP contribution in [0.3, 0.4) is 0 Å². The van der Waals surface area contributed by atoms with Crippen LogP contribution in [-0.2, 0) is 0 Å². The molecule has 3 rings (SSSR count). The van der Waals surface area contributed by atoms with E-state index >= 15 is 0 Å². The molecule has 0 N–H and O–H groups in total. The van der Waals surface area contributed by atoms with Crippen molar-refractivity contribution < 1.29 is 0 Å². The first-order valence-electron chi connectivity index (χ1n) is 8.10. The van der Waals surface area contributed by atoms with Crippen LogP contribution in [0.1, 0.15) is 16.7 Å². The topological polar surface area (TPSA) is 0 Å². The van der Waals surface area contributed by atoms with Crippen LogP contribution in [0.15, 0.2) is 72.8 Å². The van der Waals surface area contributed by atoms with Gasteiger partial charge in [0, 0.05) is 0 Å². The number of benzene rings is 3. The summed E-state index contributed by atoms with van der Waals surface area (Å²) in [5.41, 5.74) is 6.77. The van der Waals surface area contributed by atoms with Gasteiger partial charge in [-0.1, -0.05) is 0 Å². The van der Waals surface area contributed by atoms with Gasteiger partial charge in [-0.25, -0.2) is 0 Å². The molecule has 3 aromatic rings. The van der Waals surface area contributed by atoms with Gasteiger partial charge in [-0.15, -0.1) is 0 Å². The van der Waals surface area contributed by atoms with Crippen LogP contribution in [0.4, 0.5) is 0 Å². The maximum atomic E-state index is 2.53. The molecule has 0 saturated heterocycles. The van der Waals surface area contributed by atoms with Crippen molar-refractivity contribution in [3.8, 4) is 0 Å². The minimum atomic E-state index is -2.45. The molecule has 0 bridgehead atoms. The fourth-order valence-electron chi connectivity index (χ4n) is 3.58. The third-order valence-corrected chi connectivity index (χ3v) is 14.0.